The summed E-state index contributed by atoms with van der Waals surface area (Å²) in [7, 11) is 1.59. The van der Waals surface area contributed by atoms with Gasteiger partial charge in [0.1, 0.15) is 10.9 Å². The zero-order chi connectivity index (χ0) is 18.0. The summed E-state index contributed by atoms with van der Waals surface area (Å²) in [5.74, 6) is -0.0644. The summed E-state index contributed by atoms with van der Waals surface area (Å²) in [5.41, 5.74) is 2.99. The lowest BCUT2D eigenvalue weighted by atomic mass is 10.0. The first-order valence-electron chi connectivity index (χ1n) is 8.14. The Bertz CT molecular complexity index is 780. The van der Waals surface area contributed by atoms with Crippen LogP contribution in [0.15, 0.2) is 6.07 Å². The van der Waals surface area contributed by atoms with Gasteiger partial charge in [0.25, 0.3) is 5.91 Å². The Morgan fingerprint density at radius 3 is 2.50 bits per heavy atom. The van der Waals surface area contributed by atoms with Crippen LogP contribution in [0.1, 0.15) is 46.8 Å². The van der Waals surface area contributed by atoms with Crippen molar-refractivity contribution in [3.8, 4) is 0 Å². The fourth-order valence-electron chi connectivity index (χ4n) is 2.94. The number of nitrogens with zero attached hydrogens (tertiary/aromatic N) is 1. The highest BCUT2D eigenvalue weighted by Gasteiger charge is 2.24. The van der Waals surface area contributed by atoms with Crippen molar-refractivity contribution in [1.82, 2.24) is 15.6 Å². The number of fused-ring (bicyclic) bond motifs is 1. The maximum Gasteiger partial charge on any atom is 0.262 e. The highest BCUT2D eigenvalue weighted by molar-refractivity contribution is 7.20. The molecule has 0 spiro atoms. The summed E-state index contributed by atoms with van der Waals surface area (Å²) >= 11 is 1.39. The summed E-state index contributed by atoms with van der Waals surface area (Å²) in [6.07, 6.45) is 0.603. The summed E-state index contributed by atoms with van der Waals surface area (Å²) in [6.45, 7) is 9.98. The molecular formula is C18H25N3O2S. The van der Waals surface area contributed by atoms with Crippen molar-refractivity contribution >= 4 is 33.4 Å². The van der Waals surface area contributed by atoms with Crippen molar-refractivity contribution in [2.75, 3.05) is 7.05 Å². The first-order valence-corrected chi connectivity index (χ1v) is 8.96. The fourth-order valence-corrected chi connectivity index (χ4v) is 4.14. The molecule has 0 fully saturated rings. The van der Waals surface area contributed by atoms with Gasteiger partial charge in [-0.25, -0.2) is 4.98 Å². The lowest BCUT2D eigenvalue weighted by Crippen LogP contribution is -2.46. The minimum absolute atomic E-state index is 0.166. The molecule has 2 heterocycles. The quantitative estimate of drug-likeness (QED) is 0.873. The molecule has 2 aromatic heterocycles. The Labute approximate surface area is 146 Å². The predicted octanol–water partition coefficient (Wildman–Crippen LogP) is 3.11. The third-order valence-electron chi connectivity index (χ3n) is 4.01. The lowest BCUT2D eigenvalue weighted by molar-refractivity contribution is -0.122. The van der Waals surface area contributed by atoms with Crippen molar-refractivity contribution in [3.05, 3.63) is 27.8 Å². The summed E-state index contributed by atoms with van der Waals surface area (Å²) < 4.78 is 0. The number of hydrogen-bond acceptors (Lipinski definition) is 4. The third kappa shape index (κ3) is 3.75. The van der Waals surface area contributed by atoms with Crippen LogP contribution in [0.25, 0.3) is 10.2 Å². The number of amides is 2. The van der Waals surface area contributed by atoms with Crippen molar-refractivity contribution in [3.63, 3.8) is 0 Å². The Hall–Kier alpha value is -1.95. The first kappa shape index (κ1) is 18.4. The van der Waals surface area contributed by atoms with Crippen LogP contribution in [0.2, 0.25) is 0 Å². The molecule has 0 aliphatic rings. The van der Waals surface area contributed by atoms with Gasteiger partial charge in [-0.1, -0.05) is 13.8 Å². The number of thiophene rings is 1. The molecule has 2 amide bonds. The van der Waals surface area contributed by atoms with Crippen LogP contribution >= 0.6 is 11.3 Å². The molecule has 2 aromatic rings. The van der Waals surface area contributed by atoms with E-state index in [1.54, 1.807) is 7.05 Å². The molecule has 5 nitrogen and oxygen atoms in total. The van der Waals surface area contributed by atoms with Gasteiger partial charge in [0.2, 0.25) is 5.91 Å². The van der Waals surface area contributed by atoms with Gasteiger partial charge in [-0.2, -0.15) is 0 Å². The molecule has 2 N–H and O–H groups in total. The van der Waals surface area contributed by atoms with Gasteiger partial charge in [-0.15, -0.1) is 11.3 Å². The number of pyridine rings is 1. The summed E-state index contributed by atoms with van der Waals surface area (Å²) in [4.78, 5) is 30.8. The van der Waals surface area contributed by atoms with Gasteiger partial charge >= 0.3 is 0 Å². The van der Waals surface area contributed by atoms with Crippen molar-refractivity contribution in [1.29, 1.82) is 0 Å². The average Bonchev–Trinajstić information content (AvgIpc) is 2.82. The zero-order valence-corrected chi connectivity index (χ0v) is 15.9. The molecule has 0 saturated carbocycles. The summed E-state index contributed by atoms with van der Waals surface area (Å²) in [6, 6.07) is 1.50. The van der Waals surface area contributed by atoms with Crippen LogP contribution in [0.4, 0.5) is 0 Å². The maximum absolute atomic E-state index is 12.7. The van der Waals surface area contributed by atoms with E-state index in [4.69, 9.17) is 0 Å². The van der Waals surface area contributed by atoms with Crippen LogP contribution in [0.3, 0.4) is 0 Å². The van der Waals surface area contributed by atoms with E-state index in [1.807, 2.05) is 40.7 Å². The normalized spacial score (nSPS) is 12.5. The van der Waals surface area contributed by atoms with Crippen LogP contribution in [-0.4, -0.2) is 29.9 Å². The van der Waals surface area contributed by atoms with E-state index in [-0.39, 0.29) is 11.8 Å². The van der Waals surface area contributed by atoms with E-state index in [2.05, 4.69) is 15.6 Å². The largest absolute Gasteiger partial charge is 0.357 e. The molecule has 1 atom stereocenters. The van der Waals surface area contributed by atoms with E-state index in [9.17, 15) is 9.59 Å². The number of aryl methyl sites for hydroxylation is 3. The molecule has 2 rings (SSSR count). The number of likely N-dealkylation sites (N-methyl/N-ethyl adjacent to an activating group) is 1. The molecular weight excluding hydrogens is 322 g/mol. The lowest BCUT2D eigenvalue weighted by Gasteiger charge is -2.18. The van der Waals surface area contributed by atoms with Gasteiger partial charge in [0.05, 0.1) is 4.88 Å². The minimum atomic E-state index is -0.525. The minimum Gasteiger partial charge on any atom is -0.357 e. The Balaban J connectivity index is 2.35. The van der Waals surface area contributed by atoms with Gasteiger partial charge in [-0.3, -0.25) is 9.59 Å². The Kier molecular flexibility index (Phi) is 5.59. The SMILES string of the molecule is CNC(=O)C(CC(C)C)NC(=O)c1sc2nc(C)cc(C)c2c1C. The highest BCUT2D eigenvalue weighted by atomic mass is 32.1. The number of hydrogen-bond donors (Lipinski definition) is 2. The van der Waals surface area contributed by atoms with Crippen LogP contribution < -0.4 is 10.6 Å². The first-order chi connectivity index (χ1) is 11.2. The number of carbonyl (C=O) groups is 2. The van der Waals surface area contributed by atoms with Crippen molar-refractivity contribution < 1.29 is 9.59 Å². The topological polar surface area (TPSA) is 71.1 Å². The molecule has 0 aromatic carbocycles. The molecule has 1 unspecified atom stereocenters. The molecule has 0 saturated heterocycles. The van der Waals surface area contributed by atoms with Crippen LogP contribution in [0.5, 0.6) is 0 Å². The number of nitrogens with one attached hydrogen (secondary N) is 2. The van der Waals surface area contributed by atoms with E-state index in [0.717, 1.165) is 27.0 Å². The molecule has 0 aliphatic carbocycles. The monoisotopic (exact) mass is 347 g/mol. The average molecular weight is 347 g/mol. The van der Waals surface area contributed by atoms with Gasteiger partial charge < -0.3 is 10.6 Å². The molecule has 0 bridgehead atoms. The molecule has 24 heavy (non-hydrogen) atoms. The fraction of sp³-hybridized carbons (Fsp3) is 0.500. The van der Waals surface area contributed by atoms with E-state index < -0.39 is 6.04 Å². The van der Waals surface area contributed by atoms with Gasteiger partial charge in [-0.05, 0) is 50.3 Å². The molecule has 0 radical (unpaired) electrons. The zero-order valence-electron chi connectivity index (χ0n) is 15.1. The van der Waals surface area contributed by atoms with Crippen molar-refractivity contribution in [2.45, 2.75) is 47.1 Å². The van der Waals surface area contributed by atoms with Crippen LogP contribution in [-0.2, 0) is 4.79 Å². The maximum atomic E-state index is 12.7. The third-order valence-corrected chi connectivity index (χ3v) is 5.19. The van der Waals surface area contributed by atoms with Crippen LogP contribution in [0, 0.1) is 26.7 Å². The van der Waals surface area contributed by atoms with Gasteiger partial charge in [0.15, 0.2) is 0 Å². The van der Waals surface area contributed by atoms with E-state index >= 15 is 0 Å². The predicted molar refractivity (Wildman–Crippen MR) is 98.6 cm³/mol. The van der Waals surface area contributed by atoms with E-state index in [0.29, 0.717) is 17.2 Å². The summed E-state index contributed by atoms with van der Waals surface area (Å²) in [5, 5.41) is 6.54. The smallest absolute Gasteiger partial charge is 0.262 e. The second-order valence-corrected chi connectivity index (χ2v) is 7.59. The number of carbonyl (C=O) groups excluding carboxylic acids is 2. The number of rotatable bonds is 5. The Morgan fingerprint density at radius 2 is 1.92 bits per heavy atom. The molecule has 6 heteroatoms. The highest BCUT2D eigenvalue weighted by Crippen LogP contribution is 2.32. The van der Waals surface area contributed by atoms with Gasteiger partial charge in [0, 0.05) is 18.1 Å². The molecule has 0 aliphatic heterocycles. The second kappa shape index (κ2) is 7.30. The number of aromatic nitrogens is 1. The molecule has 130 valence electrons. The van der Waals surface area contributed by atoms with Crippen molar-refractivity contribution in [2.24, 2.45) is 5.92 Å². The van der Waals surface area contributed by atoms with E-state index in [1.165, 1.54) is 11.3 Å². The second-order valence-electron chi connectivity index (χ2n) is 6.59. The standard InChI is InChI=1S/C18H25N3O2S/c1-9(2)7-13(16(22)19-6)21-17(23)15-12(5)14-10(3)8-11(4)20-18(14)24-15/h8-9,13H,7H2,1-6H3,(H,19,22)(H,21,23). The Morgan fingerprint density at radius 1 is 1.25 bits per heavy atom.